The molecule has 2 aromatic carbocycles. The van der Waals surface area contributed by atoms with Crippen molar-refractivity contribution in [2.75, 3.05) is 12.3 Å². The summed E-state index contributed by atoms with van der Waals surface area (Å²) in [6.07, 6.45) is -2.15. The van der Waals surface area contributed by atoms with Crippen LogP contribution in [-0.2, 0) is 5.41 Å². The van der Waals surface area contributed by atoms with Gasteiger partial charge in [-0.05, 0) is 35.4 Å². The number of benzene rings is 2. The van der Waals surface area contributed by atoms with Crippen LogP contribution < -0.4 is 5.73 Å². The number of nitrogen functional groups attached to an aromatic ring is 1. The molecule has 3 aromatic rings. The van der Waals surface area contributed by atoms with E-state index in [0.29, 0.717) is 16.9 Å². The summed E-state index contributed by atoms with van der Waals surface area (Å²) in [6, 6.07) is 7.28. The predicted octanol–water partition coefficient (Wildman–Crippen LogP) is 5.50. The molecule has 1 aliphatic heterocycles. The molecule has 0 radical (unpaired) electrons. The molecule has 5 nitrogen and oxygen atoms in total. The summed E-state index contributed by atoms with van der Waals surface area (Å²) in [7, 11) is 0. The maximum absolute atomic E-state index is 14.2. The Kier molecular flexibility index (Phi) is 5.20. The van der Waals surface area contributed by atoms with Gasteiger partial charge in [0.05, 0.1) is 33.0 Å². The summed E-state index contributed by atoms with van der Waals surface area (Å²) in [5.41, 5.74) is 5.42. The molecule has 0 fully saturated rings. The highest BCUT2D eigenvalue weighted by Crippen LogP contribution is 2.49. The lowest BCUT2D eigenvalue weighted by atomic mass is 9.76. The Hall–Kier alpha value is -2.29. The lowest BCUT2D eigenvalue weighted by molar-refractivity contribution is -0.183. The Morgan fingerprint density at radius 1 is 1.07 bits per heavy atom. The number of nitrogens with zero attached hydrogens (tertiary/aromatic N) is 4. The second-order valence-corrected chi connectivity index (χ2v) is 8.08. The van der Waals surface area contributed by atoms with Crippen LogP contribution >= 0.6 is 34.8 Å². The van der Waals surface area contributed by atoms with E-state index in [1.807, 2.05) is 0 Å². The average Bonchev–Trinajstić information content (AvgIpc) is 3.35. The number of halogens is 6. The van der Waals surface area contributed by atoms with Crippen molar-refractivity contribution in [3.8, 4) is 5.69 Å². The standard InChI is InChI=1S/C19H13Cl3F3N5/c20-12-4-11(5-13(21)17(12)22)18(19(23,24)25)6-15(28-7-18)10-1-2-16(14(26)3-10)30-9-27-8-29-30/h1-5,8-9H,6-7,26H2. The van der Waals surface area contributed by atoms with Gasteiger partial charge in [-0.25, -0.2) is 9.67 Å². The average molecular weight is 475 g/mol. The molecule has 2 heterocycles. The fourth-order valence-corrected chi connectivity index (χ4v) is 4.07. The zero-order valence-electron chi connectivity index (χ0n) is 15.1. The van der Waals surface area contributed by atoms with Crippen molar-refractivity contribution in [1.29, 1.82) is 0 Å². The largest absolute Gasteiger partial charge is 0.400 e. The highest BCUT2D eigenvalue weighted by molar-refractivity contribution is 6.48. The van der Waals surface area contributed by atoms with E-state index in [1.54, 1.807) is 18.2 Å². The summed E-state index contributed by atoms with van der Waals surface area (Å²) in [6.45, 7) is -0.495. The number of hydrogen-bond donors (Lipinski definition) is 1. The summed E-state index contributed by atoms with van der Waals surface area (Å²) in [5.74, 6) is 0. The Labute approximate surface area is 184 Å². The number of anilines is 1. The minimum absolute atomic E-state index is 0.00928. The molecular weight excluding hydrogens is 462 g/mol. The summed E-state index contributed by atoms with van der Waals surface area (Å²) >= 11 is 17.9. The molecular formula is C19H13Cl3F3N5. The second-order valence-electron chi connectivity index (χ2n) is 6.89. The van der Waals surface area contributed by atoms with Crippen LogP contribution in [0.15, 0.2) is 48.0 Å². The minimum atomic E-state index is -4.59. The van der Waals surface area contributed by atoms with Crippen molar-refractivity contribution in [3.05, 3.63) is 69.2 Å². The van der Waals surface area contributed by atoms with Gasteiger partial charge in [-0.15, -0.1) is 0 Å². The normalized spacial score (nSPS) is 19.2. The molecule has 11 heteroatoms. The molecule has 1 unspecified atom stereocenters. The van der Waals surface area contributed by atoms with E-state index in [-0.39, 0.29) is 32.8 Å². The Balaban J connectivity index is 1.72. The van der Waals surface area contributed by atoms with Crippen LogP contribution in [0.4, 0.5) is 18.9 Å². The molecule has 1 aromatic heterocycles. The lowest BCUT2D eigenvalue weighted by Gasteiger charge is -2.32. The van der Waals surface area contributed by atoms with Crippen LogP contribution in [0.1, 0.15) is 17.5 Å². The summed E-state index contributed by atoms with van der Waals surface area (Å²) in [4.78, 5) is 8.06. The first-order valence-electron chi connectivity index (χ1n) is 8.62. The molecule has 30 heavy (non-hydrogen) atoms. The zero-order valence-corrected chi connectivity index (χ0v) is 17.4. The molecule has 0 saturated carbocycles. The molecule has 0 aliphatic carbocycles. The van der Waals surface area contributed by atoms with Gasteiger partial charge in [-0.3, -0.25) is 4.99 Å². The Morgan fingerprint density at radius 3 is 2.33 bits per heavy atom. The van der Waals surface area contributed by atoms with Crippen LogP contribution in [0, 0.1) is 0 Å². The number of alkyl halides is 3. The molecule has 4 rings (SSSR count). The molecule has 0 saturated heterocycles. The summed E-state index contributed by atoms with van der Waals surface area (Å²) < 4.78 is 44.2. The first-order chi connectivity index (χ1) is 14.1. The Bertz CT molecular complexity index is 1120. The van der Waals surface area contributed by atoms with Gasteiger partial charge in [-0.2, -0.15) is 18.3 Å². The van der Waals surface area contributed by atoms with E-state index >= 15 is 0 Å². The first kappa shape index (κ1) is 21.0. The van der Waals surface area contributed by atoms with E-state index in [0.717, 1.165) is 0 Å². The SMILES string of the molecule is Nc1cc(C2=NCC(c3cc(Cl)c(Cl)c(Cl)c3)(C(F)(F)F)C2)ccc1-n1cncn1. The second kappa shape index (κ2) is 7.44. The van der Waals surface area contributed by atoms with Crippen molar-refractivity contribution in [2.24, 2.45) is 4.99 Å². The maximum atomic E-state index is 14.2. The molecule has 1 aliphatic rings. The quantitative estimate of drug-likeness (QED) is 0.402. The highest BCUT2D eigenvalue weighted by Gasteiger charge is 2.58. The van der Waals surface area contributed by atoms with Gasteiger partial charge in [0.1, 0.15) is 18.1 Å². The first-order valence-corrected chi connectivity index (χ1v) is 9.76. The molecule has 2 N–H and O–H groups in total. The molecule has 1 atom stereocenters. The van der Waals surface area contributed by atoms with Gasteiger partial charge in [0.2, 0.25) is 0 Å². The number of rotatable bonds is 3. The maximum Gasteiger partial charge on any atom is 0.400 e. The third-order valence-electron chi connectivity index (χ3n) is 5.11. The van der Waals surface area contributed by atoms with Crippen molar-refractivity contribution in [1.82, 2.24) is 14.8 Å². The Morgan fingerprint density at radius 2 is 1.77 bits per heavy atom. The topological polar surface area (TPSA) is 69.1 Å². The van der Waals surface area contributed by atoms with Gasteiger partial charge in [-0.1, -0.05) is 40.9 Å². The van der Waals surface area contributed by atoms with Gasteiger partial charge in [0, 0.05) is 12.1 Å². The van der Waals surface area contributed by atoms with Crippen molar-refractivity contribution in [3.63, 3.8) is 0 Å². The number of nitrogens with two attached hydrogens (primary N) is 1. The minimum Gasteiger partial charge on any atom is -0.397 e. The lowest BCUT2D eigenvalue weighted by Crippen LogP contribution is -2.43. The van der Waals surface area contributed by atoms with Gasteiger partial charge in [0.15, 0.2) is 0 Å². The molecule has 0 amide bonds. The monoisotopic (exact) mass is 473 g/mol. The van der Waals surface area contributed by atoms with Crippen LogP contribution in [0.25, 0.3) is 5.69 Å². The third kappa shape index (κ3) is 3.42. The smallest absolute Gasteiger partial charge is 0.397 e. The van der Waals surface area contributed by atoms with E-state index in [1.165, 1.54) is 29.5 Å². The van der Waals surface area contributed by atoms with Crippen molar-refractivity contribution in [2.45, 2.75) is 18.0 Å². The number of hydrogen-bond acceptors (Lipinski definition) is 4. The van der Waals surface area contributed by atoms with Crippen molar-refractivity contribution >= 4 is 46.2 Å². The molecule has 0 spiro atoms. The van der Waals surface area contributed by atoms with Gasteiger partial charge in [0.25, 0.3) is 0 Å². The fourth-order valence-electron chi connectivity index (χ4n) is 3.48. The van der Waals surface area contributed by atoms with Crippen LogP contribution in [-0.4, -0.2) is 33.2 Å². The third-order valence-corrected chi connectivity index (χ3v) is 6.31. The van der Waals surface area contributed by atoms with Gasteiger partial charge >= 0.3 is 6.18 Å². The van der Waals surface area contributed by atoms with E-state index in [4.69, 9.17) is 40.5 Å². The fraction of sp³-hybridized carbons (Fsp3) is 0.211. The molecule has 156 valence electrons. The van der Waals surface area contributed by atoms with Crippen molar-refractivity contribution < 1.29 is 13.2 Å². The predicted molar refractivity (Wildman–Crippen MR) is 111 cm³/mol. The number of aromatic nitrogens is 3. The van der Waals surface area contributed by atoms with Crippen LogP contribution in [0.5, 0.6) is 0 Å². The van der Waals surface area contributed by atoms with E-state index in [9.17, 15) is 13.2 Å². The molecule has 0 bridgehead atoms. The summed E-state index contributed by atoms with van der Waals surface area (Å²) in [5, 5.41) is 3.93. The van der Waals surface area contributed by atoms with Gasteiger partial charge < -0.3 is 5.73 Å². The van der Waals surface area contributed by atoms with Crippen LogP contribution in [0.3, 0.4) is 0 Å². The zero-order chi connectivity index (χ0) is 21.7. The number of aliphatic imine (C=N–C) groups is 1. The van der Waals surface area contributed by atoms with E-state index < -0.39 is 18.1 Å². The van der Waals surface area contributed by atoms with E-state index in [2.05, 4.69) is 15.1 Å². The highest BCUT2D eigenvalue weighted by atomic mass is 35.5. The van der Waals surface area contributed by atoms with Crippen LogP contribution in [0.2, 0.25) is 15.1 Å².